The molecule has 0 spiro atoms. The Labute approximate surface area is 195 Å². The van der Waals surface area contributed by atoms with Gasteiger partial charge in [0.2, 0.25) is 5.91 Å². The molecule has 0 radical (unpaired) electrons. The summed E-state index contributed by atoms with van der Waals surface area (Å²) < 4.78 is 10.6. The van der Waals surface area contributed by atoms with Crippen LogP contribution in [-0.2, 0) is 9.59 Å². The first-order valence-electron chi connectivity index (χ1n) is 11.0. The third-order valence-electron chi connectivity index (χ3n) is 5.12. The summed E-state index contributed by atoms with van der Waals surface area (Å²) in [6.45, 7) is 3.27. The fourth-order valence-electron chi connectivity index (χ4n) is 3.28. The summed E-state index contributed by atoms with van der Waals surface area (Å²) >= 11 is 0. The standard InChI is InChI=1S/C26H32N2O5/c1-5-6-11-22(23(30)17-27-18(2)29)28-26(31)21-10-8-7-9-20(21)14-12-19-13-15-24(32-3)25(16-19)33-4/h7-10,12-16,22H,5-6,11,17H2,1-4H3,(H,27,29)(H,28,31). The number of hydrogen-bond acceptors (Lipinski definition) is 5. The monoisotopic (exact) mass is 452 g/mol. The molecule has 2 amide bonds. The van der Waals surface area contributed by atoms with Crippen LogP contribution in [0.15, 0.2) is 42.5 Å². The van der Waals surface area contributed by atoms with Gasteiger partial charge in [0.1, 0.15) is 0 Å². The number of ketones is 1. The first-order valence-corrected chi connectivity index (χ1v) is 11.0. The highest BCUT2D eigenvalue weighted by Gasteiger charge is 2.21. The van der Waals surface area contributed by atoms with Crippen LogP contribution in [0.1, 0.15) is 54.6 Å². The molecular formula is C26H32N2O5. The SMILES string of the molecule is CCCCC(NC(=O)c1ccccc1C=Cc1ccc(OC)c(OC)c1)C(=O)CNC(C)=O. The predicted molar refractivity (Wildman–Crippen MR) is 129 cm³/mol. The van der Waals surface area contributed by atoms with Gasteiger partial charge in [-0.1, -0.05) is 56.2 Å². The van der Waals surface area contributed by atoms with E-state index in [0.29, 0.717) is 29.0 Å². The summed E-state index contributed by atoms with van der Waals surface area (Å²) in [7, 11) is 3.16. The van der Waals surface area contributed by atoms with Gasteiger partial charge in [0.05, 0.1) is 26.8 Å². The van der Waals surface area contributed by atoms with Gasteiger partial charge in [-0.05, 0) is 35.7 Å². The summed E-state index contributed by atoms with van der Waals surface area (Å²) in [5, 5.41) is 5.37. The van der Waals surface area contributed by atoms with Crippen LogP contribution in [0.25, 0.3) is 12.2 Å². The molecule has 176 valence electrons. The van der Waals surface area contributed by atoms with E-state index in [0.717, 1.165) is 18.4 Å². The van der Waals surface area contributed by atoms with Crippen LogP contribution in [0.4, 0.5) is 0 Å². The maximum absolute atomic E-state index is 13.1. The largest absolute Gasteiger partial charge is 0.493 e. The minimum Gasteiger partial charge on any atom is -0.493 e. The van der Waals surface area contributed by atoms with Crippen LogP contribution in [0, 0.1) is 0 Å². The minimum atomic E-state index is -0.660. The van der Waals surface area contributed by atoms with Crippen LogP contribution in [-0.4, -0.2) is 44.4 Å². The number of rotatable bonds is 12. The van der Waals surface area contributed by atoms with E-state index in [1.807, 2.05) is 49.4 Å². The molecule has 0 heterocycles. The van der Waals surface area contributed by atoms with E-state index in [1.54, 1.807) is 26.4 Å². The first-order chi connectivity index (χ1) is 15.9. The highest BCUT2D eigenvalue weighted by molar-refractivity contribution is 6.01. The molecule has 2 aromatic carbocycles. The molecule has 2 rings (SSSR count). The maximum atomic E-state index is 13.1. The summed E-state index contributed by atoms with van der Waals surface area (Å²) in [4.78, 5) is 36.8. The molecule has 0 aliphatic carbocycles. The van der Waals surface area contributed by atoms with Crippen molar-refractivity contribution in [1.29, 1.82) is 0 Å². The quantitative estimate of drug-likeness (QED) is 0.477. The van der Waals surface area contributed by atoms with E-state index >= 15 is 0 Å². The van der Waals surface area contributed by atoms with E-state index in [9.17, 15) is 14.4 Å². The van der Waals surface area contributed by atoms with Gasteiger partial charge >= 0.3 is 0 Å². The average Bonchev–Trinajstić information content (AvgIpc) is 2.83. The second kappa shape index (κ2) is 13.1. The summed E-state index contributed by atoms with van der Waals surface area (Å²) in [6, 6.07) is 12.1. The zero-order chi connectivity index (χ0) is 24.2. The van der Waals surface area contributed by atoms with Gasteiger partial charge in [-0.15, -0.1) is 0 Å². The number of carbonyl (C=O) groups is 3. The molecule has 0 saturated heterocycles. The molecule has 7 heteroatoms. The number of nitrogens with one attached hydrogen (secondary N) is 2. The molecule has 0 aliphatic rings. The molecule has 33 heavy (non-hydrogen) atoms. The van der Waals surface area contributed by atoms with E-state index in [-0.39, 0.29) is 24.1 Å². The lowest BCUT2D eigenvalue weighted by Crippen LogP contribution is -2.45. The van der Waals surface area contributed by atoms with Gasteiger partial charge in [-0.2, -0.15) is 0 Å². The van der Waals surface area contributed by atoms with Crippen molar-refractivity contribution >= 4 is 29.7 Å². The Balaban J connectivity index is 2.21. The Hall–Kier alpha value is -3.61. The number of unbranched alkanes of at least 4 members (excludes halogenated alkanes) is 1. The zero-order valence-electron chi connectivity index (χ0n) is 19.6. The number of Topliss-reactive ketones (excluding diaryl/α,β-unsaturated/α-hetero) is 1. The minimum absolute atomic E-state index is 0.106. The number of benzene rings is 2. The van der Waals surface area contributed by atoms with Crippen LogP contribution >= 0.6 is 0 Å². The topological polar surface area (TPSA) is 93.7 Å². The van der Waals surface area contributed by atoms with E-state index in [1.165, 1.54) is 6.92 Å². The Kier molecular flexibility index (Phi) is 10.1. The third kappa shape index (κ3) is 7.79. The Morgan fingerprint density at radius 2 is 1.73 bits per heavy atom. The fraction of sp³-hybridized carbons (Fsp3) is 0.346. The first kappa shape index (κ1) is 25.6. The summed E-state index contributed by atoms with van der Waals surface area (Å²) in [6.07, 6.45) is 5.92. The van der Waals surface area contributed by atoms with Gasteiger partial charge < -0.3 is 20.1 Å². The molecule has 2 aromatic rings. The van der Waals surface area contributed by atoms with Crippen molar-refractivity contribution in [3.63, 3.8) is 0 Å². The maximum Gasteiger partial charge on any atom is 0.252 e. The molecule has 0 fully saturated rings. The van der Waals surface area contributed by atoms with Crippen molar-refractivity contribution in [3.05, 3.63) is 59.2 Å². The van der Waals surface area contributed by atoms with Crippen LogP contribution < -0.4 is 20.1 Å². The second-order valence-electron chi connectivity index (χ2n) is 7.58. The number of hydrogen-bond donors (Lipinski definition) is 2. The molecular weight excluding hydrogens is 420 g/mol. The number of ether oxygens (including phenoxy) is 2. The van der Waals surface area contributed by atoms with Gasteiger partial charge in [0.25, 0.3) is 5.91 Å². The number of methoxy groups -OCH3 is 2. The third-order valence-corrected chi connectivity index (χ3v) is 5.12. The van der Waals surface area contributed by atoms with E-state index in [4.69, 9.17) is 9.47 Å². The molecule has 1 atom stereocenters. The lowest BCUT2D eigenvalue weighted by atomic mass is 10.0. The normalized spacial score (nSPS) is 11.6. The van der Waals surface area contributed by atoms with Crippen molar-refractivity contribution in [1.82, 2.24) is 10.6 Å². The van der Waals surface area contributed by atoms with Gasteiger partial charge in [0, 0.05) is 12.5 Å². The highest BCUT2D eigenvalue weighted by atomic mass is 16.5. The smallest absolute Gasteiger partial charge is 0.252 e. The van der Waals surface area contributed by atoms with E-state index < -0.39 is 6.04 Å². The average molecular weight is 453 g/mol. The van der Waals surface area contributed by atoms with Gasteiger partial charge in [0.15, 0.2) is 17.3 Å². The molecule has 2 N–H and O–H groups in total. The van der Waals surface area contributed by atoms with Crippen molar-refractivity contribution in [2.75, 3.05) is 20.8 Å². The van der Waals surface area contributed by atoms with Crippen molar-refractivity contribution in [2.24, 2.45) is 0 Å². The number of carbonyl (C=O) groups excluding carboxylic acids is 3. The van der Waals surface area contributed by atoms with Crippen LogP contribution in [0.5, 0.6) is 11.5 Å². The zero-order valence-corrected chi connectivity index (χ0v) is 19.6. The van der Waals surface area contributed by atoms with Gasteiger partial charge in [-0.25, -0.2) is 0 Å². The predicted octanol–water partition coefficient (Wildman–Crippen LogP) is 3.87. The molecule has 1 unspecified atom stereocenters. The summed E-state index contributed by atoms with van der Waals surface area (Å²) in [5.74, 6) is 0.415. The van der Waals surface area contributed by atoms with E-state index in [2.05, 4.69) is 10.6 Å². The van der Waals surface area contributed by atoms with Crippen LogP contribution in [0.3, 0.4) is 0 Å². The van der Waals surface area contributed by atoms with Crippen molar-refractivity contribution < 1.29 is 23.9 Å². The highest BCUT2D eigenvalue weighted by Crippen LogP contribution is 2.28. The Morgan fingerprint density at radius 3 is 2.39 bits per heavy atom. The van der Waals surface area contributed by atoms with Crippen LogP contribution in [0.2, 0.25) is 0 Å². The molecule has 0 saturated carbocycles. The fourth-order valence-corrected chi connectivity index (χ4v) is 3.28. The molecule has 0 aliphatic heterocycles. The van der Waals surface area contributed by atoms with Gasteiger partial charge in [-0.3, -0.25) is 14.4 Å². The molecule has 0 aromatic heterocycles. The Morgan fingerprint density at radius 1 is 1.00 bits per heavy atom. The van der Waals surface area contributed by atoms with Crippen molar-refractivity contribution in [3.8, 4) is 11.5 Å². The lowest BCUT2D eigenvalue weighted by molar-refractivity contribution is -0.124. The van der Waals surface area contributed by atoms with Crippen molar-refractivity contribution in [2.45, 2.75) is 39.2 Å². The second-order valence-corrected chi connectivity index (χ2v) is 7.58. The molecule has 7 nitrogen and oxygen atoms in total. The molecule has 0 bridgehead atoms. The Bertz CT molecular complexity index is 1000. The number of amides is 2. The summed E-state index contributed by atoms with van der Waals surface area (Å²) in [5.41, 5.74) is 2.06. The lowest BCUT2D eigenvalue weighted by Gasteiger charge is -2.18.